The van der Waals surface area contributed by atoms with Crippen molar-refractivity contribution in [2.45, 2.75) is 6.92 Å². The van der Waals surface area contributed by atoms with Crippen LogP contribution in [0, 0.1) is 13.3 Å². The molecule has 16 heavy (non-hydrogen) atoms. The largest absolute Gasteiger partial charge is 0.340 e. The zero-order valence-electron chi connectivity index (χ0n) is 8.87. The van der Waals surface area contributed by atoms with Crippen molar-refractivity contribution in [2.24, 2.45) is 0 Å². The van der Waals surface area contributed by atoms with Crippen LogP contribution in [0.5, 0.6) is 0 Å². The molecule has 0 fully saturated rings. The molecule has 81 valence electrons. The summed E-state index contributed by atoms with van der Waals surface area (Å²) >= 11 is 0. The SMILES string of the molecule is Cc1c([C](F)F)cccc1-c1ccccc1. The van der Waals surface area contributed by atoms with Crippen LogP contribution in [-0.2, 0) is 0 Å². The third-order valence-electron chi connectivity index (χ3n) is 2.62. The minimum absolute atomic E-state index is 0.0290. The predicted octanol–water partition coefficient (Wildman–Crippen LogP) is 4.44. The first-order valence-corrected chi connectivity index (χ1v) is 5.03. The van der Waals surface area contributed by atoms with Gasteiger partial charge in [0.05, 0.1) is 0 Å². The summed E-state index contributed by atoms with van der Waals surface area (Å²) in [6.07, 6.45) is -1.63. The fourth-order valence-electron chi connectivity index (χ4n) is 1.77. The first-order valence-electron chi connectivity index (χ1n) is 5.03. The fraction of sp³-hybridized carbons (Fsp3) is 0.0714. The van der Waals surface area contributed by atoms with Gasteiger partial charge in [-0.1, -0.05) is 48.5 Å². The van der Waals surface area contributed by atoms with Crippen LogP contribution in [0.1, 0.15) is 11.1 Å². The van der Waals surface area contributed by atoms with Gasteiger partial charge in [0.15, 0.2) is 0 Å². The first kappa shape index (κ1) is 10.8. The number of hydrogen-bond donors (Lipinski definition) is 0. The van der Waals surface area contributed by atoms with E-state index in [0.717, 1.165) is 11.1 Å². The molecule has 0 spiro atoms. The Bertz CT molecular complexity index is 475. The van der Waals surface area contributed by atoms with Crippen molar-refractivity contribution >= 4 is 0 Å². The van der Waals surface area contributed by atoms with E-state index in [4.69, 9.17) is 0 Å². The second-order valence-corrected chi connectivity index (χ2v) is 3.60. The molecule has 0 aromatic heterocycles. The van der Waals surface area contributed by atoms with E-state index in [2.05, 4.69) is 0 Å². The molecule has 2 rings (SSSR count). The van der Waals surface area contributed by atoms with E-state index in [-0.39, 0.29) is 5.56 Å². The summed E-state index contributed by atoms with van der Waals surface area (Å²) in [7, 11) is 0. The van der Waals surface area contributed by atoms with Gasteiger partial charge in [0.1, 0.15) is 0 Å². The standard InChI is InChI=1S/C14H11F2/c1-10-12(11-6-3-2-4-7-11)8-5-9-13(10)14(15)16/h2-9H,1H3. The van der Waals surface area contributed by atoms with Gasteiger partial charge in [-0.3, -0.25) is 0 Å². The zero-order valence-corrected chi connectivity index (χ0v) is 8.87. The molecule has 1 radical (unpaired) electrons. The lowest BCUT2D eigenvalue weighted by molar-refractivity contribution is 0.324. The second-order valence-electron chi connectivity index (χ2n) is 3.60. The summed E-state index contributed by atoms with van der Waals surface area (Å²) in [6.45, 7) is 1.72. The highest BCUT2D eigenvalue weighted by Crippen LogP contribution is 2.30. The van der Waals surface area contributed by atoms with E-state index in [9.17, 15) is 8.78 Å². The summed E-state index contributed by atoms with van der Waals surface area (Å²) in [6, 6.07) is 14.5. The molecule has 0 N–H and O–H groups in total. The number of hydrogen-bond acceptors (Lipinski definition) is 0. The lowest BCUT2D eigenvalue weighted by Crippen LogP contribution is -1.92. The van der Waals surface area contributed by atoms with Crippen molar-refractivity contribution in [2.75, 3.05) is 0 Å². The summed E-state index contributed by atoms with van der Waals surface area (Å²) in [4.78, 5) is 0. The van der Waals surface area contributed by atoms with Crippen molar-refractivity contribution in [3.05, 3.63) is 66.1 Å². The molecule has 0 atom stereocenters. The van der Waals surface area contributed by atoms with Crippen LogP contribution in [0.25, 0.3) is 11.1 Å². The Labute approximate surface area is 93.5 Å². The normalized spacial score (nSPS) is 10.8. The van der Waals surface area contributed by atoms with Crippen molar-refractivity contribution in [3.8, 4) is 11.1 Å². The average molecular weight is 217 g/mol. The van der Waals surface area contributed by atoms with E-state index in [1.165, 1.54) is 6.07 Å². The van der Waals surface area contributed by atoms with Crippen LogP contribution in [0.4, 0.5) is 8.78 Å². The van der Waals surface area contributed by atoms with E-state index in [1.807, 2.05) is 36.4 Å². The van der Waals surface area contributed by atoms with Crippen LogP contribution in [-0.4, -0.2) is 0 Å². The number of rotatable bonds is 2. The topological polar surface area (TPSA) is 0 Å². The molecule has 0 aliphatic rings. The van der Waals surface area contributed by atoms with Crippen LogP contribution < -0.4 is 0 Å². The van der Waals surface area contributed by atoms with Gasteiger partial charge in [-0.2, -0.15) is 8.78 Å². The third kappa shape index (κ3) is 1.96. The second kappa shape index (κ2) is 4.44. The van der Waals surface area contributed by atoms with Crippen molar-refractivity contribution in [1.29, 1.82) is 0 Å². The molecule has 0 aliphatic carbocycles. The Hall–Kier alpha value is -1.70. The molecular formula is C14H11F2. The maximum absolute atomic E-state index is 12.6. The van der Waals surface area contributed by atoms with E-state index < -0.39 is 6.43 Å². The number of halogens is 2. The minimum Gasteiger partial charge on any atom is -0.194 e. The van der Waals surface area contributed by atoms with Crippen LogP contribution in [0.3, 0.4) is 0 Å². The molecule has 2 heteroatoms. The molecule has 2 aromatic carbocycles. The predicted molar refractivity (Wildman–Crippen MR) is 61.2 cm³/mol. The van der Waals surface area contributed by atoms with Gasteiger partial charge in [-0.25, -0.2) is 0 Å². The van der Waals surface area contributed by atoms with Gasteiger partial charge < -0.3 is 0 Å². The molecule has 0 heterocycles. The van der Waals surface area contributed by atoms with E-state index >= 15 is 0 Å². The minimum atomic E-state index is -1.63. The monoisotopic (exact) mass is 217 g/mol. The van der Waals surface area contributed by atoms with Crippen LogP contribution >= 0.6 is 0 Å². The van der Waals surface area contributed by atoms with Gasteiger partial charge in [-0.15, -0.1) is 0 Å². The Balaban J connectivity index is 2.55. The van der Waals surface area contributed by atoms with Crippen molar-refractivity contribution < 1.29 is 8.78 Å². The average Bonchev–Trinajstić information content (AvgIpc) is 2.30. The molecule has 2 aromatic rings. The Kier molecular flexibility index (Phi) is 3.00. The molecule has 0 amide bonds. The first-order chi connectivity index (χ1) is 7.70. The van der Waals surface area contributed by atoms with Crippen LogP contribution in [0.15, 0.2) is 48.5 Å². The maximum atomic E-state index is 12.6. The maximum Gasteiger partial charge on any atom is 0.340 e. The Morgan fingerprint density at radius 1 is 0.875 bits per heavy atom. The van der Waals surface area contributed by atoms with Gasteiger partial charge in [0.2, 0.25) is 0 Å². The van der Waals surface area contributed by atoms with Crippen molar-refractivity contribution in [1.82, 2.24) is 0 Å². The highest BCUT2D eigenvalue weighted by atomic mass is 19.3. The smallest absolute Gasteiger partial charge is 0.194 e. The Morgan fingerprint density at radius 2 is 1.56 bits per heavy atom. The summed E-state index contributed by atoms with van der Waals surface area (Å²) in [5, 5.41) is 0. The lowest BCUT2D eigenvalue weighted by Gasteiger charge is -2.09. The summed E-state index contributed by atoms with van der Waals surface area (Å²) in [5.41, 5.74) is 2.46. The lowest BCUT2D eigenvalue weighted by atomic mass is 9.97. The van der Waals surface area contributed by atoms with E-state index in [0.29, 0.717) is 5.56 Å². The van der Waals surface area contributed by atoms with Gasteiger partial charge in [0.25, 0.3) is 0 Å². The van der Waals surface area contributed by atoms with Crippen LogP contribution in [0.2, 0.25) is 0 Å². The highest BCUT2D eigenvalue weighted by molar-refractivity contribution is 5.69. The molecule has 0 saturated carbocycles. The number of benzene rings is 2. The zero-order chi connectivity index (χ0) is 11.5. The molecule has 0 aliphatic heterocycles. The molecule has 0 unspecified atom stereocenters. The fourth-order valence-corrected chi connectivity index (χ4v) is 1.77. The summed E-state index contributed by atoms with van der Waals surface area (Å²) in [5.74, 6) is 0. The highest BCUT2D eigenvalue weighted by Gasteiger charge is 2.15. The Morgan fingerprint density at radius 3 is 2.19 bits per heavy atom. The van der Waals surface area contributed by atoms with Gasteiger partial charge >= 0.3 is 6.43 Å². The van der Waals surface area contributed by atoms with Gasteiger partial charge in [-0.05, 0) is 23.6 Å². The molecular weight excluding hydrogens is 206 g/mol. The quantitative estimate of drug-likeness (QED) is 0.697. The molecule has 0 bridgehead atoms. The molecule has 0 saturated heterocycles. The van der Waals surface area contributed by atoms with E-state index in [1.54, 1.807) is 13.0 Å². The van der Waals surface area contributed by atoms with Gasteiger partial charge in [0, 0.05) is 5.56 Å². The van der Waals surface area contributed by atoms with Crippen molar-refractivity contribution in [3.63, 3.8) is 0 Å². The summed E-state index contributed by atoms with van der Waals surface area (Å²) < 4.78 is 25.3. The third-order valence-corrected chi connectivity index (χ3v) is 2.62. The molecule has 0 nitrogen and oxygen atoms in total.